The summed E-state index contributed by atoms with van der Waals surface area (Å²) in [4.78, 5) is 8.20. The van der Waals surface area contributed by atoms with Gasteiger partial charge in [-0.15, -0.1) is 0 Å². The molecule has 1 heterocycles. The average Bonchev–Trinajstić information content (AvgIpc) is 2.35. The van der Waals surface area contributed by atoms with Gasteiger partial charge in [-0.05, 0) is 59.5 Å². The van der Waals surface area contributed by atoms with E-state index in [-0.39, 0.29) is 0 Å². The Hall–Kier alpha value is -0.690. The van der Waals surface area contributed by atoms with Gasteiger partial charge in [0, 0.05) is 10.0 Å². The van der Waals surface area contributed by atoms with Crippen LogP contribution in [0.15, 0.2) is 35.1 Å². The van der Waals surface area contributed by atoms with Crippen molar-refractivity contribution in [1.29, 1.82) is 0 Å². The SMILES string of the molecule is Nc1ncnc(I)c1CCCc1ccc(Br)cc1. The highest BCUT2D eigenvalue weighted by molar-refractivity contribution is 14.1. The number of nitrogens with two attached hydrogens (primary N) is 1. The first-order valence-electron chi connectivity index (χ1n) is 5.66. The number of halogens is 2. The van der Waals surface area contributed by atoms with Crippen LogP contribution in [0.5, 0.6) is 0 Å². The zero-order valence-electron chi connectivity index (χ0n) is 9.74. The first kappa shape index (κ1) is 13.7. The van der Waals surface area contributed by atoms with Crippen LogP contribution in [0.2, 0.25) is 0 Å². The summed E-state index contributed by atoms with van der Waals surface area (Å²) in [5.41, 5.74) is 8.26. The van der Waals surface area contributed by atoms with Crippen molar-refractivity contribution in [3.63, 3.8) is 0 Å². The summed E-state index contributed by atoms with van der Waals surface area (Å²) in [6, 6.07) is 8.41. The van der Waals surface area contributed by atoms with Gasteiger partial charge in [0.05, 0.1) is 0 Å². The van der Waals surface area contributed by atoms with Crippen molar-refractivity contribution in [3.8, 4) is 0 Å². The standard InChI is InChI=1S/C13H13BrIN3/c14-10-6-4-9(5-7-10)2-1-3-11-12(15)17-8-18-13(11)16/h4-8H,1-3H2,(H2,16,17,18). The minimum atomic E-state index is 0.602. The predicted octanol–water partition coefficient (Wildman–Crippen LogP) is 3.60. The number of nitrogen functional groups attached to an aromatic ring is 1. The monoisotopic (exact) mass is 417 g/mol. The van der Waals surface area contributed by atoms with E-state index in [1.54, 1.807) is 0 Å². The number of anilines is 1. The van der Waals surface area contributed by atoms with Gasteiger partial charge in [-0.25, -0.2) is 9.97 Å². The third-order valence-electron chi connectivity index (χ3n) is 2.73. The largest absolute Gasteiger partial charge is 0.383 e. The molecule has 0 fully saturated rings. The maximum atomic E-state index is 5.86. The Kier molecular flexibility index (Phi) is 4.94. The van der Waals surface area contributed by atoms with Crippen LogP contribution in [0.1, 0.15) is 17.5 Å². The second-order valence-corrected chi connectivity index (χ2v) is 5.95. The molecule has 0 aliphatic carbocycles. The molecule has 0 aliphatic rings. The molecule has 0 spiro atoms. The van der Waals surface area contributed by atoms with Crippen LogP contribution in [0.25, 0.3) is 0 Å². The molecule has 0 atom stereocenters. The zero-order chi connectivity index (χ0) is 13.0. The molecule has 0 saturated heterocycles. The average molecular weight is 418 g/mol. The summed E-state index contributed by atoms with van der Waals surface area (Å²) < 4.78 is 2.07. The number of aryl methyl sites for hydroxylation is 1. The maximum Gasteiger partial charge on any atom is 0.131 e. The Morgan fingerprint density at radius 1 is 1.11 bits per heavy atom. The van der Waals surface area contributed by atoms with Crippen LogP contribution < -0.4 is 5.73 Å². The molecule has 1 aromatic carbocycles. The van der Waals surface area contributed by atoms with E-state index < -0.39 is 0 Å². The van der Waals surface area contributed by atoms with Gasteiger partial charge in [0.15, 0.2) is 0 Å². The fourth-order valence-electron chi connectivity index (χ4n) is 1.75. The Bertz CT molecular complexity index is 508. The Labute approximate surface area is 128 Å². The summed E-state index contributed by atoms with van der Waals surface area (Å²) >= 11 is 5.64. The molecule has 0 radical (unpaired) electrons. The molecular weight excluding hydrogens is 405 g/mol. The Morgan fingerprint density at radius 3 is 2.50 bits per heavy atom. The van der Waals surface area contributed by atoms with Crippen molar-refractivity contribution in [2.45, 2.75) is 19.3 Å². The third-order valence-corrected chi connectivity index (χ3v) is 4.19. The van der Waals surface area contributed by atoms with E-state index in [0.29, 0.717) is 5.82 Å². The van der Waals surface area contributed by atoms with Crippen molar-refractivity contribution in [2.75, 3.05) is 5.73 Å². The molecule has 2 rings (SSSR count). The van der Waals surface area contributed by atoms with Crippen molar-refractivity contribution in [3.05, 3.63) is 49.9 Å². The smallest absolute Gasteiger partial charge is 0.131 e. The Morgan fingerprint density at radius 2 is 1.83 bits per heavy atom. The Balaban J connectivity index is 1.94. The first-order valence-corrected chi connectivity index (χ1v) is 7.53. The van der Waals surface area contributed by atoms with Crippen molar-refractivity contribution < 1.29 is 0 Å². The number of hydrogen-bond acceptors (Lipinski definition) is 3. The van der Waals surface area contributed by atoms with Crippen molar-refractivity contribution in [2.24, 2.45) is 0 Å². The highest BCUT2D eigenvalue weighted by atomic mass is 127. The van der Waals surface area contributed by atoms with Crippen LogP contribution in [0, 0.1) is 3.70 Å². The predicted molar refractivity (Wildman–Crippen MR) is 85.3 cm³/mol. The van der Waals surface area contributed by atoms with Gasteiger partial charge in [-0.1, -0.05) is 28.1 Å². The molecule has 0 amide bonds. The zero-order valence-corrected chi connectivity index (χ0v) is 13.5. The van der Waals surface area contributed by atoms with E-state index in [2.05, 4.69) is 72.8 Å². The minimum Gasteiger partial charge on any atom is -0.383 e. The maximum absolute atomic E-state index is 5.86. The summed E-state index contributed by atoms with van der Waals surface area (Å²) in [6.45, 7) is 0. The van der Waals surface area contributed by atoms with E-state index >= 15 is 0 Å². The molecule has 0 aliphatic heterocycles. The van der Waals surface area contributed by atoms with E-state index in [1.165, 1.54) is 11.9 Å². The fraction of sp³-hybridized carbons (Fsp3) is 0.231. The van der Waals surface area contributed by atoms with Gasteiger partial charge in [0.2, 0.25) is 0 Å². The molecule has 0 unspecified atom stereocenters. The van der Waals surface area contributed by atoms with Crippen LogP contribution in [-0.2, 0) is 12.8 Å². The number of aromatic nitrogens is 2. The third kappa shape index (κ3) is 3.65. The highest BCUT2D eigenvalue weighted by Gasteiger charge is 2.06. The normalized spacial score (nSPS) is 10.6. The van der Waals surface area contributed by atoms with Crippen molar-refractivity contribution in [1.82, 2.24) is 9.97 Å². The van der Waals surface area contributed by atoms with E-state index in [9.17, 15) is 0 Å². The van der Waals surface area contributed by atoms with E-state index in [0.717, 1.165) is 33.0 Å². The minimum absolute atomic E-state index is 0.602. The van der Waals surface area contributed by atoms with Gasteiger partial charge in [-0.2, -0.15) is 0 Å². The van der Waals surface area contributed by atoms with Gasteiger partial charge < -0.3 is 5.73 Å². The number of hydrogen-bond donors (Lipinski definition) is 1. The van der Waals surface area contributed by atoms with Crippen LogP contribution in [-0.4, -0.2) is 9.97 Å². The van der Waals surface area contributed by atoms with Gasteiger partial charge in [0.25, 0.3) is 0 Å². The molecular formula is C13H13BrIN3. The van der Waals surface area contributed by atoms with Crippen LogP contribution in [0.4, 0.5) is 5.82 Å². The lowest BCUT2D eigenvalue weighted by molar-refractivity contribution is 0.809. The van der Waals surface area contributed by atoms with Gasteiger partial charge >= 0.3 is 0 Å². The first-order chi connectivity index (χ1) is 8.66. The van der Waals surface area contributed by atoms with Gasteiger partial charge in [0.1, 0.15) is 15.8 Å². The number of rotatable bonds is 4. The lowest BCUT2D eigenvalue weighted by Crippen LogP contribution is -2.03. The molecule has 2 N–H and O–H groups in total. The second kappa shape index (κ2) is 6.47. The van der Waals surface area contributed by atoms with Gasteiger partial charge in [-0.3, -0.25) is 0 Å². The molecule has 1 aromatic heterocycles. The molecule has 0 saturated carbocycles. The lowest BCUT2D eigenvalue weighted by Gasteiger charge is -2.06. The van der Waals surface area contributed by atoms with Crippen molar-refractivity contribution >= 4 is 44.3 Å². The molecule has 5 heteroatoms. The number of nitrogens with zero attached hydrogens (tertiary/aromatic N) is 2. The lowest BCUT2D eigenvalue weighted by atomic mass is 10.1. The summed E-state index contributed by atoms with van der Waals surface area (Å²) in [7, 11) is 0. The summed E-state index contributed by atoms with van der Waals surface area (Å²) in [5, 5.41) is 0. The summed E-state index contributed by atoms with van der Waals surface area (Å²) in [6.07, 6.45) is 4.52. The number of benzene rings is 1. The quantitative estimate of drug-likeness (QED) is 0.610. The summed E-state index contributed by atoms with van der Waals surface area (Å²) in [5.74, 6) is 0.602. The van der Waals surface area contributed by atoms with Crippen LogP contribution >= 0.6 is 38.5 Å². The highest BCUT2D eigenvalue weighted by Crippen LogP contribution is 2.18. The molecule has 0 bridgehead atoms. The van der Waals surface area contributed by atoms with Crippen LogP contribution in [0.3, 0.4) is 0 Å². The molecule has 94 valence electrons. The molecule has 18 heavy (non-hydrogen) atoms. The van der Waals surface area contributed by atoms with E-state index in [1.807, 2.05) is 0 Å². The fourth-order valence-corrected chi connectivity index (χ4v) is 2.69. The molecule has 3 nitrogen and oxygen atoms in total. The topological polar surface area (TPSA) is 51.8 Å². The molecule has 2 aromatic rings. The van der Waals surface area contributed by atoms with E-state index in [4.69, 9.17) is 5.73 Å². The second-order valence-electron chi connectivity index (χ2n) is 4.01.